The number of ether oxygens (including phenoxy) is 2. The molecular weight excluding hydrogens is 436 g/mol. The van der Waals surface area contributed by atoms with Gasteiger partial charge in [0.25, 0.3) is 0 Å². The van der Waals surface area contributed by atoms with Gasteiger partial charge in [-0.15, -0.1) is 0 Å². The molecule has 0 atom stereocenters. The highest BCUT2D eigenvalue weighted by molar-refractivity contribution is 6.30. The highest BCUT2D eigenvalue weighted by Gasteiger charge is 2.18. The standard InChI is InChI=1S/C27H21ClN2O3/c1-31-21-11-5-18(6-12-21)25-26(19-7-13-22(32-2)14-8-19)30-27(29-25)24-16-15-23(33-24)17-3-9-20(28)10-4-17/h3-16H,1-2H3,(H,29,30). The summed E-state index contributed by atoms with van der Waals surface area (Å²) in [4.78, 5) is 8.36. The van der Waals surface area contributed by atoms with Crippen molar-refractivity contribution in [1.82, 2.24) is 9.97 Å². The van der Waals surface area contributed by atoms with Crippen LogP contribution in [0.25, 0.3) is 45.4 Å². The third-order valence-electron chi connectivity index (χ3n) is 5.41. The van der Waals surface area contributed by atoms with Gasteiger partial charge in [0.1, 0.15) is 17.3 Å². The smallest absolute Gasteiger partial charge is 0.174 e. The molecule has 0 saturated heterocycles. The summed E-state index contributed by atoms with van der Waals surface area (Å²) < 4.78 is 16.7. The minimum absolute atomic E-state index is 0.645. The van der Waals surface area contributed by atoms with Gasteiger partial charge in [-0.3, -0.25) is 0 Å². The van der Waals surface area contributed by atoms with Gasteiger partial charge in [0.05, 0.1) is 25.6 Å². The molecule has 5 nitrogen and oxygen atoms in total. The van der Waals surface area contributed by atoms with Crippen molar-refractivity contribution in [3.63, 3.8) is 0 Å². The van der Waals surface area contributed by atoms with Crippen molar-refractivity contribution in [3.05, 3.63) is 90.0 Å². The first-order valence-electron chi connectivity index (χ1n) is 10.4. The number of halogens is 1. The largest absolute Gasteiger partial charge is 0.497 e. The average molecular weight is 457 g/mol. The summed E-state index contributed by atoms with van der Waals surface area (Å²) in [6, 6.07) is 27.1. The maximum atomic E-state index is 6.13. The SMILES string of the molecule is COc1ccc(-c2nc(-c3ccc(-c4ccc(Cl)cc4)o3)[nH]c2-c2ccc(OC)cc2)cc1. The second-order valence-electron chi connectivity index (χ2n) is 7.44. The molecule has 0 unspecified atom stereocenters. The number of aromatic amines is 1. The number of rotatable bonds is 6. The van der Waals surface area contributed by atoms with Gasteiger partial charge in [0.2, 0.25) is 0 Å². The molecule has 0 bridgehead atoms. The zero-order valence-corrected chi connectivity index (χ0v) is 18.9. The number of furan rings is 1. The molecule has 3 aromatic carbocycles. The molecule has 0 aliphatic heterocycles. The molecule has 2 aromatic heterocycles. The van der Waals surface area contributed by atoms with E-state index < -0.39 is 0 Å². The van der Waals surface area contributed by atoms with Crippen molar-refractivity contribution in [2.75, 3.05) is 14.2 Å². The summed E-state index contributed by atoms with van der Waals surface area (Å²) >= 11 is 6.01. The monoisotopic (exact) mass is 456 g/mol. The van der Waals surface area contributed by atoms with E-state index in [2.05, 4.69) is 4.98 Å². The first kappa shape index (κ1) is 20.9. The van der Waals surface area contributed by atoms with Crippen molar-refractivity contribution < 1.29 is 13.9 Å². The topological polar surface area (TPSA) is 60.3 Å². The van der Waals surface area contributed by atoms with Gasteiger partial charge in [0.15, 0.2) is 11.6 Å². The molecule has 0 aliphatic rings. The van der Waals surface area contributed by atoms with Crippen LogP contribution in [-0.2, 0) is 0 Å². The van der Waals surface area contributed by atoms with E-state index in [0.29, 0.717) is 16.6 Å². The van der Waals surface area contributed by atoms with Crippen LogP contribution in [0.1, 0.15) is 0 Å². The highest BCUT2D eigenvalue weighted by atomic mass is 35.5. The number of imidazole rings is 1. The lowest BCUT2D eigenvalue weighted by atomic mass is 10.0. The Balaban J connectivity index is 1.58. The Kier molecular flexibility index (Phi) is 5.63. The lowest BCUT2D eigenvalue weighted by Crippen LogP contribution is -1.87. The molecule has 2 heterocycles. The molecule has 164 valence electrons. The molecule has 0 amide bonds. The molecule has 5 aromatic rings. The van der Waals surface area contributed by atoms with Crippen LogP contribution in [0.2, 0.25) is 5.02 Å². The minimum Gasteiger partial charge on any atom is -0.497 e. The van der Waals surface area contributed by atoms with E-state index in [-0.39, 0.29) is 0 Å². The third-order valence-corrected chi connectivity index (χ3v) is 5.67. The normalized spacial score (nSPS) is 10.9. The Bertz CT molecular complexity index is 1300. The van der Waals surface area contributed by atoms with Gasteiger partial charge in [0, 0.05) is 21.7 Å². The van der Waals surface area contributed by atoms with Crippen LogP contribution in [0.4, 0.5) is 0 Å². The molecule has 0 aliphatic carbocycles. The van der Waals surface area contributed by atoms with Crippen LogP contribution >= 0.6 is 11.6 Å². The summed E-state index contributed by atoms with van der Waals surface area (Å²) in [5, 5.41) is 0.685. The number of benzene rings is 3. The quantitative estimate of drug-likeness (QED) is 0.290. The molecule has 0 radical (unpaired) electrons. The number of hydrogen-bond acceptors (Lipinski definition) is 4. The minimum atomic E-state index is 0.645. The number of H-pyrrole nitrogens is 1. The van der Waals surface area contributed by atoms with Crippen molar-refractivity contribution in [3.8, 4) is 56.9 Å². The summed E-state index contributed by atoms with van der Waals surface area (Å²) in [7, 11) is 3.31. The summed E-state index contributed by atoms with van der Waals surface area (Å²) in [6.45, 7) is 0. The molecule has 33 heavy (non-hydrogen) atoms. The van der Waals surface area contributed by atoms with Crippen LogP contribution < -0.4 is 9.47 Å². The van der Waals surface area contributed by atoms with Crippen molar-refractivity contribution in [2.45, 2.75) is 0 Å². The van der Waals surface area contributed by atoms with E-state index in [1.54, 1.807) is 14.2 Å². The Hall–Kier alpha value is -3.96. The molecule has 1 N–H and O–H groups in total. The fraction of sp³-hybridized carbons (Fsp3) is 0.0741. The predicted molar refractivity (Wildman–Crippen MR) is 131 cm³/mol. The van der Waals surface area contributed by atoms with E-state index in [1.165, 1.54) is 0 Å². The first-order chi connectivity index (χ1) is 16.1. The number of nitrogens with one attached hydrogen (secondary N) is 1. The lowest BCUT2D eigenvalue weighted by molar-refractivity contribution is 0.414. The van der Waals surface area contributed by atoms with Crippen LogP contribution in [0.15, 0.2) is 89.3 Å². The lowest BCUT2D eigenvalue weighted by Gasteiger charge is -2.06. The number of hydrogen-bond donors (Lipinski definition) is 1. The molecule has 0 spiro atoms. The van der Waals surface area contributed by atoms with Crippen molar-refractivity contribution in [2.24, 2.45) is 0 Å². The summed E-state index contributed by atoms with van der Waals surface area (Å²) in [5.74, 6) is 3.62. The van der Waals surface area contributed by atoms with E-state index in [4.69, 9.17) is 30.5 Å². The summed E-state index contributed by atoms with van der Waals surface area (Å²) in [6.07, 6.45) is 0. The number of aromatic nitrogens is 2. The summed E-state index contributed by atoms with van der Waals surface area (Å²) in [5.41, 5.74) is 4.62. The third kappa shape index (κ3) is 4.23. The second-order valence-corrected chi connectivity index (χ2v) is 7.87. The first-order valence-corrected chi connectivity index (χ1v) is 10.8. The molecule has 0 saturated carbocycles. The highest BCUT2D eigenvalue weighted by Crippen LogP contribution is 2.36. The second kappa shape index (κ2) is 8.88. The average Bonchev–Trinajstić information content (AvgIpc) is 3.53. The predicted octanol–water partition coefficient (Wildman–Crippen LogP) is 7.34. The zero-order valence-electron chi connectivity index (χ0n) is 18.1. The number of methoxy groups -OCH3 is 2. The van der Waals surface area contributed by atoms with Crippen molar-refractivity contribution in [1.29, 1.82) is 0 Å². The fourth-order valence-corrected chi connectivity index (χ4v) is 3.77. The van der Waals surface area contributed by atoms with Gasteiger partial charge in [-0.25, -0.2) is 4.98 Å². The maximum absolute atomic E-state index is 6.13. The molecule has 0 fully saturated rings. The van der Waals surface area contributed by atoms with Crippen LogP contribution in [0, 0.1) is 0 Å². The van der Waals surface area contributed by atoms with Crippen LogP contribution in [0.5, 0.6) is 11.5 Å². The van der Waals surface area contributed by atoms with Gasteiger partial charge >= 0.3 is 0 Å². The Morgan fingerprint density at radius 3 is 1.82 bits per heavy atom. The van der Waals surface area contributed by atoms with E-state index in [0.717, 1.165) is 45.3 Å². The number of nitrogens with zero attached hydrogens (tertiary/aromatic N) is 1. The van der Waals surface area contributed by atoms with Gasteiger partial charge < -0.3 is 18.9 Å². The fourth-order valence-electron chi connectivity index (χ4n) is 3.65. The van der Waals surface area contributed by atoms with Crippen LogP contribution in [-0.4, -0.2) is 24.2 Å². The van der Waals surface area contributed by atoms with Crippen LogP contribution in [0.3, 0.4) is 0 Å². The van der Waals surface area contributed by atoms with Crippen molar-refractivity contribution >= 4 is 11.6 Å². The van der Waals surface area contributed by atoms with Gasteiger partial charge in [-0.05, 0) is 84.9 Å². The van der Waals surface area contributed by atoms with E-state index >= 15 is 0 Å². The van der Waals surface area contributed by atoms with Gasteiger partial charge in [-0.2, -0.15) is 0 Å². The Morgan fingerprint density at radius 2 is 1.21 bits per heavy atom. The molecule has 6 heteroatoms. The Labute approximate surface area is 196 Å². The zero-order chi connectivity index (χ0) is 22.8. The van der Waals surface area contributed by atoms with E-state index in [1.807, 2.05) is 84.9 Å². The van der Waals surface area contributed by atoms with Gasteiger partial charge in [-0.1, -0.05) is 11.6 Å². The molecular formula is C27H21ClN2O3. The molecule has 5 rings (SSSR count). The Morgan fingerprint density at radius 1 is 0.667 bits per heavy atom. The van der Waals surface area contributed by atoms with E-state index in [9.17, 15) is 0 Å². The maximum Gasteiger partial charge on any atom is 0.174 e.